The van der Waals surface area contributed by atoms with Crippen LogP contribution in [0, 0.1) is 24.0 Å². The van der Waals surface area contributed by atoms with E-state index < -0.39 is 10.7 Å². The van der Waals surface area contributed by atoms with Gasteiger partial charge in [0.2, 0.25) is 11.5 Å². The highest BCUT2D eigenvalue weighted by molar-refractivity contribution is 7.12. The Kier molecular flexibility index (Phi) is 4.09. The molecule has 0 spiro atoms. The Labute approximate surface area is 119 Å². The first-order valence-electron chi connectivity index (χ1n) is 5.81. The number of pyridine rings is 1. The van der Waals surface area contributed by atoms with Gasteiger partial charge in [-0.3, -0.25) is 4.79 Å². The highest BCUT2D eigenvalue weighted by Gasteiger charge is 2.18. The maximum absolute atomic E-state index is 12.0. The molecule has 0 atom stereocenters. The van der Waals surface area contributed by atoms with E-state index in [1.54, 1.807) is 6.07 Å². The van der Waals surface area contributed by atoms with E-state index in [1.165, 1.54) is 29.7 Å². The van der Waals surface area contributed by atoms with E-state index in [0.29, 0.717) is 5.56 Å². The van der Waals surface area contributed by atoms with Crippen molar-refractivity contribution in [1.82, 2.24) is 4.98 Å². The lowest BCUT2D eigenvalue weighted by Gasteiger charge is -2.05. The average molecular weight is 292 g/mol. The Balaban J connectivity index is 2.11. The summed E-state index contributed by atoms with van der Waals surface area (Å²) in [5, 5.41) is 10.8. The molecule has 0 bridgehead atoms. The van der Waals surface area contributed by atoms with Crippen LogP contribution in [0.3, 0.4) is 0 Å². The number of ketones is 1. The molecule has 0 fully saturated rings. The fourth-order valence-corrected chi connectivity index (χ4v) is 2.70. The molecule has 2 aromatic heterocycles. The van der Waals surface area contributed by atoms with Crippen molar-refractivity contribution in [3.05, 3.63) is 49.8 Å². The number of hydrogen-bond donors (Lipinski definition) is 0. The van der Waals surface area contributed by atoms with Gasteiger partial charge in [-0.15, -0.1) is 11.3 Å². The second-order valence-corrected chi connectivity index (χ2v) is 5.58. The van der Waals surface area contributed by atoms with Crippen molar-refractivity contribution >= 4 is 22.9 Å². The molecular weight excluding hydrogens is 280 g/mol. The first-order valence-corrected chi connectivity index (χ1v) is 6.63. The number of ether oxygens (including phenoxy) is 1. The fraction of sp³-hybridized carbons (Fsp3) is 0.231. The number of carbonyl (C=O) groups is 1. The van der Waals surface area contributed by atoms with E-state index >= 15 is 0 Å². The minimum Gasteiger partial charge on any atom is -0.477 e. The Bertz CT molecular complexity index is 666. The molecule has 0 aliphatic rings. The number of rotatable bonds is 5. The highest BCUT2D eigenvalue weighted by atomic mass is 32.1. The van der Waals surface area contributed by atoms with Crippen LogP contribution in [0.15, 0.2) is 24.4 Å². The molecule has 0 aliphatic heterocycles. The molecule has 0 saturated carbocycles. The highest BCUT2D eigenvalue weighted by Crippen LogP contribution is 2.24. The summed E-state index contributed by atoms with van der Waals surface area (Å²) in [5.41, 5.74) is 0.596. The van der Waals surface area contributed by atoms with Gasteiger partial charge >= 0.3 is 5.82 Å². The third-order valence-electron chi connectivity index (χ3n) is 2.62. The molecule has 0 amide bonds. The van der Waals surface area contributed by atoms with Gasteiger partial charge in [0.1, 0.15) is 6.20 Å². The van der Waals surface area contributed by atoms with Crippen LogP contribution < -0.4 is 4.74 Å². The van der Waals surface area contributed by atoms with Crippen LogP contribution in [0.4, 0.5) is 5.82 Å². The van der Waals surface area contributed by atoms with Crippen LogP contribution in [0.1, 0.15) is 20.1 Å². The summed E-state index contributed by atoms with van der Waals surface area (Å²) < 4.78 is 5.23. The fourth-order valence-electron chi connectivity index (χ4n) is 1.76. The van der Waals surface area contributed by atoms with E-state index in [9.17, 15) is 14.9 Å². The molecular formula is C13H12N2O4S. The third kappa shape index (κ3) is 3.00. The predicted molar refractivity (Wildman–Crippen MR) is 74.5 cm³/mol. The largest absolute Gasteiger partial charge is 0.477 e. The van der Waals surface area contributed by atoms with E-state index in [4.69, 9.17) is 4.74 Å². The van der Waals surface area contributed by atoms with Crippen molar-refractivity contribution in [2.75, 3.05) is 6.61 Å². The standard InChI is InChI=1S/C13H12N2O4S/c1-8-6-10(9(2)20-8)11(16)7-19-12-4-3-5-14-13(12)15(17)18/h3-6H,7H2,1-2H3. The van der Waals surface area contributed by atoms with Gasteiger partial charge in [0.15, 0.2) is 6.61 Å². The number of Topliss-reactive ketones (excluding diaryl/α,β-unsaturated/α-hetero) is 1. The normalized spacial score (nSPS) is 10.3. The van der Waals surface area contributed by atoms with Crippen LogP contribution in [-0.4, -0.2) is 22.3 Å². The lowest BCUT2D eigenvalue weighted by atomic mass is 10.2. The Morgan fingerprint density at radius 1 is 1.50 bits per heavy atom. The van der Waals surface area contributed by atoms with Gasteiger partial charge in [-0.1, -0.05) is 0 Å². The summed E-state index contributed by atoms with van der Waals surface area (Å²) in [6, 6.07) is 4.74. The quantitative estimate of drug-likeness (QED) is 0.480. The third-order valence-corrected chi connectivity index (χ3v) is 3.59. The maximum Gasteiger partial charge on any atom is 0.406 e. The van der Waals surface area contributed by atoms with E-state index in [0.717, 1.165) is 9.75 Å². The molecule has 20 heavy (non-hydrogen) atoms. The van der Waals surface area contributed by atoms with Gasteiger partial charge in [-0.25, -0.2) is 0 Å². The van der Waals surface area contributed by atoms with E-state index in [1.807, 2.05) is 13.8 Å². The van der Waals surface area contributed by atoms with Crippen LogP contribution in [0.2, 0.25) is 0 Å². The molecule has 2 rings (SSSR count). The van der Waals surface area contributed by atoms with Crippen molar-refractivity contribution in [2.45, 2.75) is 13.8 Å². The summed E-state index contributed by atoms with van der Waals surface area (Å²) in [5.74, 6) is -0.598. The lowest BCUT2D eigenvalue weighted by molar-refractivity contribution is -0.390. The van der Waals surface area contributed by atoms with Gasteiger partial charge in [0.05, 0.1) is 0 Å². The van der Waals surface area contributed by atoms with Crippen molar-refractivity contribution < 1.29 is 14.5 Å². The number of nitrogens with zero attached hydrogens (tertiary/aromatic N) is 2. The second-order valence-electron chi connectivity index (χ2n) is 4.12. The van der Waals surface area contributed by atoms with Crippen molar-refractivity contribution in [2.24, 2.45) is 0 Å². The van der Waals surface area contributed by atoms with Crippen molar-refractivity contribution in [3.63, 3.8) is 0 Å². The number of thiophene rings is 1. The van der Waals surface area contributed by atoms with Gasteiger partial charge in [-0.2, -0.15) is 0 Å². The number of aromatic nitrogens is 1. The van der Waals surface area contributed by atoms with Gasteiger partial charge < -0.3 is 14.9 Å². The SMILES string of the molecule is Cc1cc(C(=O)COc2cccnc2[N+](=O)[O-])c(C)s1. The van der Waals surface area contributed by atoms with Gasteiger partial charge in [-0.05, 0) is 42.0 Å². The lowest BCUT2D eigenvalue weighted by Crippen LogP contribution is -2.12. The zero-order chi connectivity index (χ0) is 14.7. The Morgan fingerprint density at radius 3 is 2.85 bits per heavy atom. The summed E-state index contributed by atoms with van der Waals surface area (Å²) in [6.45, 7) is 3.53. The molecule has 2 aromatic rings. The zero-order valence-corrected chi connectivity index (χ0v) is 11.8. The molecule has 6 nitrogen and oxygen atoms in total. The topological polar surface area (TPSA) is 82.3 Å². The molecule has 0 aromatic carbocycles. The molecule has 0 radical (unpaired) electrons. The minimum absolute atomic E-state index is 0.00421. The molecule has 104 valence electrons. The molecule has 2 heterocycles. The van der Waals surface area contributed by atoms with Crippen LogP contribution in [0.25, 0.3) is 0 Å². The minimum atomic E-state index is -0.639. The van der Waals surface area contributed by atoms with Crippen LogP contribution >= 0.6 is 11.3 Å². The van der Waals surface area contributed by atoms with Crippen LogP contribution in [-0.2, 0) is 0 Å². The molecule has 7 heteroatoms. The molecule has 0 saturated heterocycles. The number of carbonyl (C=O) groups excluding carboxylic acids is 1. The summed E-state index contributed by atoms with van der Waals surface area (Å²) in [4.78, 5) is 27.7. The number of hydrogen-bond acceptors (Lipinski definition) is 6. The molecule has 0 unspecified atom stereocenters. The predicted octanol–water partition coefficient (Wildman–Crippen LogP) is 2.93. The maximum atomic E-state index is 12.0. The van der Waals surface area contributed by atoms with Crippen LogP contribution in [0.5, 0.6) is 5.75 Å². The van der Waals surface area contributed by atoms with Crippen molar-refractivity contribution in [3.8, 4) is 5.75 Å². The Morgan fingerprint density at radius 2 is 2.25 bits per heavy atom. The number of aryl methyl sites for hydroxylation is 2. The summed E-state index contributed by atoms with van der Waals surface area (Å²) >= 11 is 1.53. The average Bonchev–Trinajstić information content (AvgIpc) is 2.75. The van der Waals surface area contributed by atoms with Crippen molar-refractivity contribution in [1.29, 1.82) is 0 Å². The smallest absolute Gasteiger partial charge is 0.406 e. The first-order chi connectivity index (χ1) is 9.49. The molecule has 0 N–H and O–H groups in total. The first kappa shape index (κ1) is 14.1. The summed E-state index contributed by atoms with van der Waals surface area (Å²) in [6.07, 6.45) is 1.30. The van der Waals surface area contributed by atoms with E-state index in [-0.39, 0.29) is 18.1 Å². The monoisotopic (exact) mass is 292 g/mol. The van der Waals surface area contributed by atoms with E-state index in [2.05, 4.69) is 4.98 Å². The van der Waals surface area contributed by atoms with Gasteiger partial charge in [0, 0.05) is 15.3 Å². The zero-order valence-electron chi connectivity index (χ0n) is 11.0. The molecule has 0 aliphatic carbocycles. The number of nitro groups is 1. The van der Waals surface area contributed by atoms with Gasteiger partial charge in [0.25, 0.3) is 0 Å². The second kappa shape index (κ2) is 5.79. The summed E-state index contributed by atoms with van der Waals surface area (Å²) in [7, 11) is 0. The Hall–Kier alpha value is -2.28.